The molecule has 172 valence electrons. The molecule has 0 aromatic rings. The van der Waals surface area contributed by atoms with Crippen LogP contribution in [0, 0.1) is 0 Å². The highest BCUT2D eigenvalue weighted by molar-refractivity contribution is 5.70. The molecule has 0 unspecified atom stereocenters. The van der Waals surface area contributed by atoms with Gasteiger partial charge in [0.05, 0.1) is 0 Å². The summed E-state index contributed by atoms with van der Waals surface area (Å²) >= 11 is 0. The Bertz CT molecular complexity index is 368. The standard InChI is InChI=1S/C25H48O4/c1-3-5-7-9-10-11-12-13-14-15-16-17-19-21-25(27)29-23-22-28-24(26)20-18-8-6-4-2/h3-23H2,1-2H3. The van der Waals surface area contributed by atoms with Crippen molar-refractivity contribution in [1.29, 1.82) is 0 Å². The molecular formula is C25H48O4. The van der Waals surface area contributed by atoms with E-state index in [-0.39, 0.29) is 25.2 Å². The summed E-state index contributed by atoms with van der Waals surface area (Å²) in [6.07, 6.45) is 22.1. The van der Waals surface area contributed by atoms with E-state index in [1.54, 1.807) is 0 Å². The van der Waals surface area contributed by atoms with Gasteiger partial charge in [0.1, 0.15) is 13.2 Å². The molecule has 0 bridgehead atoms. The predicted molar refractivity (Wildman–Crippen MR) is 121 cm³/mol. The van der Waals surface area contributed by atoms with Crippen LogP contribution in [-0.4, -0.2) is 25.2 Å². The number of carbonyl (C=O) groups is 2. The zero-order chi connectivity index (χ0) is 21.4. The van der Waals surface area contributed by atoms with Crippen molar-refractivity contribution in [2.75, 3.05) is 13.2 Å². The number of unbranched alkanes of at least 4 members (excludes halogenated alkanes) is 15. The van der Waals surface area contributed by atoms with Gasteiger partial charge in [-0.2, -0.15) is 0 Å². The Morgan fingerprint density at radius 3 is 1.07 bits per heavy atom. The zero-order valence-electron chi connectivity index (χ0n) is 19.5. The van der Waals surface area contributed by atoms with Gasteiger partial charge in [-0.3, -0.25) is 9.59 Å². The Labute approximate surface area is 180 Å². The van der Waals surface area contributed by atoms with Crippen LogP contribution < -0.4 is 0 Å². The Hall–Kier alpha value is -1.06. The van der Waals surface area contributed by atoms with Crippen molar-refractivity contribution < 1.29 is 19.1 Å². The average molecular weight is 413 g/mol. The number of esters is 2. The summed E-state index contributed by atoms with van der Waals surface area (Å²) in [5, 5.41) is 0. The third kappa shape index (κ3) is 23.1. The Morgan fingerprint density at radius 2 is 0.724 bits per heavy atom. The monoisotopic (exact) mass is 412 g/mol. The molecule has 0 radical (unpaired) electrons. The third-order valence-electron chi connectivity index (χ3n) is 5.33. The van der Waals surface area contributed by atoms with Crippen LogP contribution in [0.25, 0.3) is 0 Å². The molecule has 0 spiro atoms. The average Bonchev–Trinajstić information content (AvgIpc) is 2.72. The molecule has 0 rings (SSSR count). The van der Waals surface area contributed by atoms with Crippen LogP contribution in [0.5, 0.6) is 0 Å². The van der Waals surface area contributed by atoms with Gasteiger partial charge in [-0.15, -0.1) is 0 Å². The molecule has 0 saturated heterocycles. The smallest absolute Gasteiger partial charge is 0.305 e. The van der Waals surface area contributed by atoms with Gasteiger partial charge >= 0.3 is 11.9 Å². The first kappa shape index (κ1) is 27.9. The summed E-state index contributed by atoms with van der Waals surface area (Å²) in [6, 6.07) is 0. The fourth-order valence-corrected chi connectivity index (χ4v) is 3.44. The molecule has 0 saturated carbocycles. The van der Waals surface area contributed by atoms with Crippen LogP contribution in [0.3, 0.4) is 0 Å². The van der Waals surface area contributed by atoms with Gasteiger partial charge in [-0.25, -0.2) is 0 Å². The molecule has 4 heteroatoms. The number of hydrogen-bond acceptors (Lipinski definition) is 4. The number of rotatable bonds is 22. The van der Waals surface area contributed by atoms with Crippen molar-refractivity contribution in [1.82, 2.24) is 0 Å². The van der Waals surface area contributed by atoms with E-state index in [0.29, 0.717) is 12.8 Å². The molecule has 0 atom stereocenters. The lowest BCUT2D eigenvalue weighted by Gasteiger charge is -2.07. The summed E-state index contributed by atoms with van der Waals surface area (Å²) < 4.78 is 10.2. The molecule has 0 aromatic heterocycles. The van der Waals surface area contributed by atoms with Crippen molar-refractivity contribution in [3.63, 3.8) is 0 Å². The molecule has 0 aliphatic heterocycles. The topological polar surface area (TPSA) is 52.6 Å². The molecule has 4 nitrogen and oxygen atoms in total. The maximum Gasteiger partial charge on any atom is 0.305 e. The minimum Gasteiger partial charge on any atom is -0.462 e. The highest BCUT2D eigenvalue weighted by Gasteiger charge is 2.05. The van der Waals surface area contributed by atoms with Crippen molar-refractivity contribution in [2.24, 2.45) is 0 Å². The van der Waals surface area contributed by atoms with Crippen molar-refractivity contribution >= 4 is 11.9 Å². The first-order valence-electron chi connectivity index (χ1n) is 12.5. The van der Waals surface area contributed by atoms with E-state index in [1.165, 1.54) is 70.6 Å². The van der Waals surface area contributed by atoms with Crippen LogP contribution in [0.1, 0.15) is 136 Å². The summed E-state index contributed by atoms with van der Waals surface area (Å²) in [4.78, 5) is 23.2. The minimum absolute atomic E-state index is 0.174. The van der Waals surface area contributed by atoms with Gasteiger partial charge in [0.25, 0.3) is 0 Å². The van der Waals surface area contributed by atoms with Gasteiger partial charge in [0, 0.05) is 12.8 Å². The normalized spacial score (nSPS) is 10.8. The highest BCUT2D eigenvalue weighted by Crippen LogP contribution is 2.13. The molecule has 0 N–H and O–H groups in total. The lowest BCUT2D eigenvalue weighted by molar-refractivity contribution is -0.152. The third-order valence-corrected chi connectivity index (χ3v) is 5.33. The summed E-state index contributed by atoms with van der Waals surface area (Å²) in [7, 11) is 0. The molecule has 0 aliphatic rings. The number of carbonyl (C=O) groups excluding carboxylic acids is 2. The van der Waals surface area contributed by atoms with Gasteiger partial charge < -0.3 is 9.47 Å². The van der Waals surface area contributed by atoms with Crippen LogP contribution in [0.4, 0.5) is 0 Å². The van der Waals surface area contributed by atoms with Crippen molar-refractivity contribution in [2.45, 2.75) is 136 Å². The molecule has 0 aliphatic carbocycles. The van der Waals surface area contributed by atoms with E-state index in [9.17, 15) is 9.59 Å². The maximum absolute atomic E-state index is 11.7. The van der Waals surface area contributed by atoms with Crippen LogP contribution in [0.15, 0.2) is 0 Å². The first-order valence-corrected chi connectivity index (χ1v) is 12.5. The fraction of sp³-hybridized carbons (Fsp3) is 0.920. The SMILES string of the molecule is CCCCCCCCCCCCCCCC(=O)OCCOC(=O)CCCCCC. The second kappa shape index (κ2) is 23.2. The van der Waals surface area contributed by atoms with Gasteiger partial charge in [0.2, 0.25) is 0 Å². The zero-order valence-corrected chi connectivity index (χ0v) is 19.5. The molecule has 0 heterocycles. The predicted octanol–water partition coefficient (Wildman–Crippen LogP) is 7.52. The van der Waals surface area contributed by atoms with E-state index in [0.717, 1.165) is 38.5 Å². The van der Waals surface area contributed by atoms with E-state index < -0.39 is 0 Å². The van der Waals surface area contributed by atoms with Crippen molar-refractivity contribution in [3.8, 4) is 0 Å². The van der Waals surface area contributed by atoms with Gasteiger partial charge in [-0.1, -0.05) is 110 Å². The van der Waals surface area contributed by atoms with E-state index in [2.05, 4.69) is 13.8 Å². The second-order valence-corrected chi connectivity index (χ2v) is 8.24. The lowest BCUT2D eigenvalue weighted by Crippen LogP contribution is -2.13. The second-order valence-electron chi connectivity index (χ2n) is 8.24. The van der Waals surface area contributed by atoms with Crippen LogP contribution in [0.2, 0.25) is 0 Å². The molecular weight excluding hydrogens is 364 g/mol. The number of hydrogen-bond donors (Lipinski definition) is 0. The van der Waals surface area contributed by atoms with Crippen LogP contribution >= 0.6 is 0 Å². The maximum atomic E-state index is 11.7. The fourth-order valence-electron chi connectivity index (χ4n) is 3.44. The van der Waals surface area contributed by atoms with E-state index in [1.807, 2.05) is 0 Å². The first-order chi connectivity index (χ1) is 14.2. The van der Waals surface area contributed by atoms with E-state index in [4.69, 9.17) is 9.47 Å². The quantitative estimate of drug-likeness (QED) is 0.136. The molecule has 0 fully saturated rings. The largest absolute Gasteiger partial charge is 0.462 e. The lowest BCUT2D eigenvalue weighted by atomic mass is 10.0. The van der Waals surface area contributed by atoms with Gasteiger partial charge in [0.15, 0.2) is 0 Å². The summed E-state index contributed by atoms with van der Waals surface area (Å²) in [5.41, 5.74) is 0. The Morgan fingerprint density at radius 1 is 0.448 bits per heavy atom. The Kier molecular flexibility index (Phi) is 22.4. The molecule has 0 aromatic carbocycles. The molecule has 0 amide bonds. The molecule has 29 heavy (non-hydrogen) atoms. The van der Waals surface area contributed by atoms with E-state index >= 15 is 0 Å². The highest BCUT2D eigenvalue weighted by atomic mass is 16.6. The van der Waals surface area contributed by atoms with Crippen molar-refractivity contribution in [3.05, 3.63) is 0 Å². The summed E-state index contributed by atoms with van der Waals surface area (Å²) in [5.74, 6) is -0.360. The van der Waals surface area contributed by atoms with Crippen LogP contribution in [-0.2, 0) is 19.1 Å². The Balaban J connectivity index is 3.25. The summed E-state index contributed by atoms with van der Waals surface area (Å²) in [6.45, 7) is 4.76. The minimum atomic E-state index is -0.186. The number of ether oxygens (including phenoxy) is 2. The van der Waals surface area contributed by atoms with Gasteiger partial charge in [-0.05, 0) is 12.8 Å².